The number of rotatable bonds is 6. The summed E-state index contributed by atoms with van der Waals surface area (Å²) in [7, 11) is 1.51. The van der Waals surface area contributed by atoms with E-state index >= 15 is 0 Å². The van der Waals surface area contributed by atoms with Crippen molar-refractivity contribution in [2.24, 2.45) is 5.92 Å². The molecule has 2 aliphatic rings. The van der Waals surface area contributed by atoms with Crippen LogP contribution in [-0.2, 0) is 20.9 Å². The molecule has 3 rings (SSSR count). The number of nitrogens with one attached hydrogen (secondary N) is 1. The van der Waals surface area contributed by atoms with Crippen LogP contribution in [0.1, 0.15) is 18.4 Å². The Kier molecular flexibility index (Phi) is 6.46. The van der Waals surface area contributed by atoms with Gasteiger partial charge in [-0.1, -0.05) is 30.3 Å². The van der Waals surface area contributed by atoms with Crippen LogP contribution in [0.4, 0.5) is 0 Å². The van der Waals surface area contributed by atoms with Crippen molar-refractivity contribution in [3.05, 3.63) is 35.9 Å². The standard InChI is InChI=1S/C20H29N3O4/c1-27-15-19(25)23-10-8-20(26)7-9-22(12-17(20)13-23)14-18(24)21-11-16-5-3-2-4-6-16/h2-6,17,26H,7-15H2,1H3,(H,21,24)/t17-,20-/m1/s1. The van der Waals surface area contributed by atoms with Crippen LogP contribution >= 0.6 is 0 Å². The Bertz CT molecular complexity index is 654. The van der Waals surface area contributed by atoms with E-state index in [1.165, 1.54) is 7.11 Å². The number of fused-ring (bicyclic) bond motifs is 1. The number of carbonyl (C=O) groups excluding carboxylic acids is 2. The van der Waals surface area contributed by atoms with E-state index in [9.17, 15) is 14.7 Å². The Morgan fingerprint density at radius 1 is 1.22 bits per heavy atom. The van der Waals surface area contributed by atoms with Gasteiger partial charge in [-0.25, -0.2) is 0 Å². The Morgan fingerprint density at radius 3 is 2.70 bits per heavy atom. The van der Waals surface area contributed by atoms with Crippen molar-refractivity contribution in [3.63, 3.8) is 0 Å². The molecule has 0 unspecified atom stereocenters. The maximum Gasteiger partial charge on any atom is 0.248 e. The number of benzene rings is 1. The van der Waals surface area contributed by atoms with E-state index in [4.69, 9.17) is 4.74 Å². The van der Waals surface area contributed by atoms with Crippen LogP contribution in [0.25, 0.3) is 0 Å². The first-order valence-corrected chi connectivity index (χ1v) is 9.52. The van der Waals surface area contributed by atoms with Gasteiger partial charge in [0.25, 0.3) is 0 Å². The highest BCUT2D eigenvalue weighted by Crippen LogP contribution is 2.35. The van der Waals surface area contributed by atoms with Crippen LogP contribution in [0.3, 0.4) is 0 Å². The average Bonchev–Trinajstić information content (AvgIpc) is 2.67. The molecule has 2 atom stereocenters. The monoisotopic (exact) mass is 375 g/mol. The molecule has 1 aromatic rings. The highest BCUT2D eigenvalue weighted by molar-refractivity contribution is 5.78. The number of piperidine rings is 2. The maximum absolute atomic E-state index is 12.3. The van der Waals surface area contributed by atoms with E-state index < -0.39 is 5.60 Å². The van der Waals surface area contributed by atoms with E-state index in [0.717, 1.165) is 5.56 Å². The first kappa shape index (κ1) is 19.8. The third kappa shape index (κ3) is 5.06. The van der Waals surface area contributed by atoms with E-state index in [1.54, 1.807) is 4.90 Å². The Morgan fingerprint density at radius 2 is 1.96 bits per heavy atom. The number of hydrogen-bond donors (Lipinski definition) is 2. The molecule has 0 aliphatic carbocycles. The number of nitrogens with zero attached hydrogens (tertiary/aromatic N) is 2. The van der Waals surface area contributed by atoms with Crippen molar-refractivity contribution in [1.29, 1.82) is 0 Å². The Labute approximate surface area is 160 Å². The number of aliphatic hydroxyl groups is 1. The van der Waals surface area contributed by atoms with Crippen LogP contribution < -0.4 is 5.32 Å². The van der Waals surface area contributed by atoms with Gasteiger partial charge in [0, 0.05) is 45.8 Å². The molecular weight excluding hydrogens is 346 g/mol. The van der Waals surface area contributed by atoms with Crippen LogP contribution in [-0.4, -0.2) is 78.8 Å². The minimum absolute atomic E-state index is 0.0209. The van der Waals surface area contributed by atoms with Crippen molar-refractivity contribution >= 4 is 11.8 Å². The van der Waals surface area contributed by atoms with Gasteiger partial charge in [-0.15, -0.1) is 0 Å². The number of ether oxygens (including phenoxy) is 1. The zero-order valence-corrected chi connectivity index (χ0v) is 15.9. The molecule has 0 radical (unpaired) electrons. The van der Waals surface area contributed by atoms with Gasteiger partial charge in [-0.2, -0.15) is 0 Å². The van der Waals surface area contributed by atoms with Crippen molar-refractivity contribution in [2.45, 2.75) is 25.0 Å². The summed E-state index contributed by atoms with van der Waals surface area (Å²) < 4.78 is 4.94. The third-order valence-electron chi connectivity index (χ3n) is 5.68. The predicted octanol–water partition coefficient (Wildman–Crippen LogP) is 0.235. The van der Waals surface area contributed by atoms with Crippen molar-refractivity contribution in [2.75, 3.05) is 46.4 Å². The lowest BCUT2D eigenvalue weighted by atomic mass is 9.75. The second kappa shape index (κ2) is 8.82. The van der Waals surface area contributed by atoms with Gasteiger partial charge < -0.3 is 20.1 Å². The molecule has 2 heterocycles. The SMILES string of the molecule is COCC(=O)N1CC[C@]2(O)CCN(CC(=O)NCc3ccccc3)C[C@@H]2C1. The second-order valence-electron chi connectivity index (χ2n) is 7.57. The van der Waals surface area contributed by atoms with Crippen molar-refractivity contribution < 1.29 is 19.4 Å². The topological polar surface area (TPSA) is 82.1 Å². The fraction of sp³-hybridized carbons (Fsp3) is 0.600. The first-order valence-electron chi connectivity index (χ1n) is 9.52. The summed E-state index contributed by atoms with van der Waals surface area (Å²) in [6.45, 7) is 3.28. The zero-order valence-electron chi connectivity index (χ0n) is 15.9. The number of hydrogen-bond acceptors (Lipinski definition) is 5. The lowest BCUT2D eigenvalue weighted by Gasteiger charge is -2.50. The van der Waals surface area contributed by atoms with E-state index in [0.29, 0.717) is 52.1 Å². The number of carbonyl (C=O) groups is 2. The van der Waals surface area contributed by atoms with Crippen molar-refractivity contribution in [3.8, 4) is 0 Å². The Balaban J connectivity index is 1.50. The molecular formula is C20H29N3O4. The molecule has 2 N–H and O–H groups in total. The van der Waals surface area contributed by atoms with Gasteiger partial charge in [0.15, 0.2) is 0 Å². The highest BCUT2D eigenvalue weighted by atomic mass is 16.5. The smallest absolute Gasteiger partial charge is 0.248 e. The molecule has 0 bridgehead atoms. The molecule has 148 valence electrons. The minimum Gasteiger partial charge on any atom is -0.389 e. The van der Waals surface area contributed by atoms with E-state index in [-0.39, 0.29) is 24.3 Å². The fourth-order valence-corrected chi connectivity index (χ4v) is 4.01. The summed E-state index contributed by atoms with van der Waals surface area (Å²) in [6.07, 6.45) is 1.22. The minimum atomic E-state index is -0.735. The summed E-state index contributed by atoms with van der Waals surface area (Å²) in [6, 6.07) is 9.81. The molecule has 0 spiro atoms. The number of likely N-dealkylation sites (tertiary alicyclic amines) is 2. The molecule has 27 heavy (non-hydrogen) atoms. The molecule has 0 aromatic heterocycles. The van der Waals surface area contributed by atoms with Crippen molar-refractivity contribution in [1.82, 2.24) is 15.1 Å². The zero-order chi connectivity index (χ0) is 19.3. The largest absolute Gasteiger partial charge is 0.389 e. The quantitative estimate of drug-likeness (QED) is 0.744. The molecule has 2 saturated heterocycles. The molecule has 0 saturated carbocycles. The van der Waals surface area contributed by atoms with Gasteiger partial charge >= 0.3 is 0 Å². The first-order chi connectivity index (χ1) is 13.0. The molecule has 2 fully saturated rings. The summed E-state index contributed by atoms with van der Waals surface area (Å²) in [5, 5.41) is 13.9. The maximum atomic E-state index is 12.3. The number of methoxy groups -OCH3 is 1. The predicted molar refractivity (Wildman–Crippen MR) is 101 cm³/mol. The summed E-state index contributed by atoms with van der Waals surface area (Å²) in [4.78, 5) is 28.2. The summed E-state index contributed by atoms with van der Waals surface area (Å²) >= 11 is 0. The average molecular weight is 375 g/mol. The molecule has 7 nitrogen and oxygen atoms in total. The van der Waals surface area contributed by atoms with Crippen LogP contribution in [0, 0.1) is 5.92 Å². The molecule has 7 heteroatoms. The summed E-state index contributed by atoms with van der Waals surface area (Å²) in [5.41, 5.74) is 0.333. The van der Waals surface area contributed by atoms with Gasteiger partial charge in [-0.3, -0.25) is 14.5 Å². The highest BCUT2D eigenvalue weighted by Gasteiger charge is 2.45. The van der Waals surface area contributed by atoms with E-state index in [2.05, 4.69) is 10.2 Å². The lowest BCUT2D eigenvalue weighted by Crippen LogP contribution is -2.61. The van der Waals surface area contributed by atoms with Gasteiger partial charge in [0.2, 0.25) is 11.8 Å². The molecule has 2 aliphatic heterocycles. The third-order valence-corrected chi connectivity index (χ3v) is 5.68. The molecule has 2 amide bonds. The van der Waals surface area contributed by atoms with Crippen LogP contribution in [0.2, 0.25) is 0 Å². The normalized spacial score (nSPS) is 25.7. The second-order valence-corrected chi connectivity index (χ2v) is 7.57. The van der Waals surface area contributed by atoms with Gasteiger partial charge in [0.05, 0.1) is 12.1 Å². The van der Waals surface area contributed by atoms with E-state index in [1.807, 2.05) is 30.3 Å². The Hall–Kier alpha value is -1.96. The van der Waals surface area contributed by atoms with Crippen LogP contribution in [0.15, 0.2) is 30.3 Å². The summed E-state index contributed by atoms with van der Waals surface area (Å²) in [5.74, 6) is -0.104. The molecule has 1 aromatic carbocycles. The van der Waals surface area contributed by atoms with Gasteiger partial charge in [0.1, 0.15) is 6.61 Å². The van der Waals surface area contributed by atoms with Gasteiger partial charge in [-0.05, 0) is 18.4 Å². The lowest BCUT2D eigenvalue weighted by molar-refractivity contribution is -0.151. The van der Waals surface area contributed by atoms with Crippen LogP contribution in [0.5, 0.6) is 0 Å². The number of amides is 2. The fourth-order valence-electron chi connectivity index (χ4n) is 4.01.